The number of benzene rings is 1. The summed E-state index contributed by atoms with van der Waals surface area (Å²) < 4.78 is 5.41. The number of aliphatic hydroxyl groups is 1. The number of hydrogen-bond donors (Lipinski definition) is 1. The minimum absolute atomic E-state index is 0.0214. The van der Waals surface area contributed by atoms with Crippen LogP contribution in [0, 0.1) is 17.3 Å². The van der Waals surface area contributed by atoms with Crippen LogP contribution >= 0.6 is 0 Å². The van der Waals surface area contributed by atoms with E-state index in [2.05, 4.69) is 20.8 Å². The quantitative estimate of drug-likeness (QED) is 0.860. The Morgan fingerprint density at radius 2 is 2.05 bits per heavy atom. The van der Waals surface area contributed by atoms with Gasteiger partial charge in [0.15, 0.2) is 0 Å². The van der Waals surface area contributed by atoms with Gasteiger partial charge in [-0.1, -0.05) is 57.5 Å². The second-order valence-electron chi connectivity index (χ2n) is 6.89. The average molecular weight is 290 g/mol. The van der Waals surface area contributed by atoms with Gasteiger partial charge in [-0.25, -0.2) is 0 Å². The van der Waals surface area contributed by atoms with Gasteiger partial charge < -0.3 is 9.84 Å². The molecule has 116 valence electrons. The first kappa shape index (κ1) is 16.0. The normalized spacial score (nSPS) is 26.1. The first-order chi connectivity index (χ1) is 9.92. The number of carbonyl (C=O) groups excluding carboxylic acids is 1. The largest absolute Gasteiger partial charge is 0.462 e. The number of ether oxygens (including phenoxy) is 1. The van der Waals surface area contributed by atoms with Crippen molar-refractivity contribution in [3.63, 3.8) is 0 Å². The Balaban J connectivity index is 1.95. The topological polar surface area (TPSA) is 46.5 Å². The number of hydrogen-bond acceptors (Lipinski definition) is 3. The summed E-state index contributed by atoms with van der Waals surface area (Å²) in [4.78, 5) is 12.4. The molecule has 1 unspecified atom stereocenters. The third-order valence-electron chi connectivity index (χ3n) is 4.71. The van der Waals surface area contributed by atoms with E-state index in [9.17, 15) is 9.90 Å². The molecule has 3 nitrogen and oxygen atoms in total. The van der Waals surface area contributed by atoms with Crippen molar-refractivity contribution in [1.29, 1.82) is 0 Å². The van der Waals surface area contributed by atoms with Gasteiger partial charge in [0.1, 0.15) is 12.7 Å². The van der Waals surface area contributed by atoms with Crippen molar-refractivity contribution in [1.82, 2.24) is 0 Å². The van der Waals surface area contributed by atoms with E-state index in [4.69, 9.17) is 4.74 Å². The molecule has 0 amide bonds. The molecule has 3 heteroatoms. The Morgan fingerprint density at radius 3 is 2.67 bits per heavy atom. The van der Waals surface area contributed by atoms with Crippen molar-refractivity contribution in [2.75, 3.05) is 6.61 Å². The lowest BCUT2D eigenvalue weighted by Gasteiger charge is -2.41. The van der Waals surface area contributed by atoms with Gasteiger partial charge in [0.2, 0.25) is 0 Å². The van der Waals surface area contributed by atoms with Gasteiger partial charge in [-0.3, -0.25) is 4.79 Å². The zero-order chi connectivity index (χ0) is 15.5. The van der Waals surface area contributed by atoms with Gasteiger partial charge >= 0.3 is 5.97 Å². The fourth-order valence-corrected chi connectivity index (χ4v) is 3.55. The maximum Gasteiger partial charge on any atom is 0.309 e. The molecule has 1 saturated carbocycles. The SMILES string of the molecule is C[C@H]1CCCC(C)(C)C1C(=O)OC[C@@H](O)c1ccccc1. The van der Waals surface area contributed by atoms with Crippen LogP contribution in [0.25, 0.3) is 0 Å². The smallest absolute Gasteiger partial charge is 0.309 e. The molecule has 3 atom stereocenters. The molecule has 0 spiro atoms. The third kappa shape index (κ3) is 3.85. The van der Waals surface area contributed by atoms with Gasteiger partial charge in [0.05, 0.1) is 5.92 Å². The van der Waals surface area contributed by atoms with Gasteiger partial charge in [-0.15, -0.1) is 0 Å². The molecule has 2 rings (SSSR count). The third-order valence-corrected chi connectivity index (χ3v) is 4.71. The lowest BCUT2D eigenvalue weighted by molar-refractivity contribution is -0.160. The minimum atomic E-state index is -0.753. The van der Waals surface area contributed by atoms with E-state index in [0.29, 0.717) is 5.92 Å². The van der Waals surface area contributed by atoms with Crippen LogP contribution in [0.2, 0.25) is 0 Å². The molecule has 0 bridgehead atoms. The minimum Gasteiger partial charge on any atom is -0.462 e. The molecular formula is C18H26O3. The summed E-state index contributed by atoms with van der Waals surface area (Å²) in [7, 11) is 0. The van der Waals surface area contributed by atoms with Crippen LogP contribution in [0.5, 0.6) is 0 Å². The van der Waals surface area contributed by atoms with Crippen molar-refractivity contribution in [3.8, 4) is 0 Å². The van der Waals surface area contributed by atoms with E-state index in [0.717, 1.165) is 18.4 Å². The Kier molecular flexibility index (Phi) is 5.04. The summed E-state index contributed by atoms with van der Waals surface area (Å²) in [6, 6.07) is 9.31. The molecule has 1 aliphatic carbocycles. The molecule has 1 N–H and O–H groups in total. The monoisotopic (exact) mass is 290 g/mol. The molecular weight excluding hydrogens is 264 g/mol. The molecule has 0 radical (unpaired) electrons. The average Bonchev–Trinajstić information content (AvgIpc) is 2.44. The van der Waals surface area contributed by atoms with E-state index in [1.807, 2.05) is 30.3 Å². The highest BCUT2D eigenvalue weighted by molar-refractivity contribution is 5.74. The number of rotatable bonds is 4. The lowest BCUT2D eigenvalue weighted by atomic mass is 9.64. The molecule has 0 heterocycles. The van der Waals surface area contributed by atoms with Gasteiger partial charge in [0, 0.05) is 0 Å². The predicted octanol–water partition coefficient (Wildman–Crippen LogP) is 3.73. The highest BCUT2D eigenvalue weighted by Crippen LogP contribution is 2.44. The van der Waals surface area contributed by atoms with E-state index >= 15 is 0 Å². The maximum absolute atomic E-state index is 12.4. The van der Waals surface area contributed by atoms with Crippen molar-refractivity contribution >= 4 is 5.97 Å². The van der Waals surface area contributed by atoms with Gasteiger partial charge in [-0.05, 0) is 29.7 Å². The van der Waals surface area contributed by atoms with Gasteiger partial charge in [0.25, 0.3) is 0 Å². The molecule has 1 aromatic rings. The summed E-state index contributed by atoms with van der Waals surface area (Å²) in [6.45, 7) is 6.44. The number of esters is 1. The van der Waals surface area contributed by atoms with E-state index in [1.165, 1.54) is 6.42 Å². The second kappa shape index (κ2) is 6.61. The van der Waals surface area contributed by atoms with Crippen molar-refractivity contribution in [3.05, 3.63) is 35.9 Å². The standard InChI is InChI=1S/C18H26O3/c1-13-8-7-11-18(2,3)16(13)17(20)21-12-15(19)14-9-5-4-6-10-14/h4-6,9-10,13,15-16,19H,7-8,11-12H2,1-3H3/t13-,15+,16?/m0/s1. The molecule has 0 aromatic heterocycles. The Morgan fingerprint density at radius 1 is 1.38 bits per heavy atom. The Labute approximate surface area is 127 Å². The van der Waals surface area contributed by atoms with Crippen LogP contribution in [0.4, 0.5) is 0 Å². The Bertz CT molecular complexity index is 467. The van der Waals surface area contributed by atoms with Crippen molar-refractivity contribution in [2.24, 2.45) is 17.3 Å². The van der Waals surface area contributed by atoms with E-state index in [-0.39, 0.29) is 23.9 Å². The highest BCUT2D eigenvalue weighted by atomic mass is 16.5. The summed E-state index contributed by atoms with van der Waals surface area (Å²) in [6.07, 6.45) is 2.55. The van der Waals surface area contributed by atoms with Crippen molar-refractivity contribution in [2.45, 2.75) is 46.1 Å². The zero-order valence-corrected chi connectivity index (χ0v) is 13.2. The summed E-state index contributed by atoms with van der Waals surface area (Å²) in [5.74, 6) is 0.103. The summed E-state index contributed by atoms with van der Waals surface area (Å²) in [5, 5.41) is 10.1. The van der Waals surface area contributed by atoms with Crippen LogP contribution in [-0.4, -0.2) is 17.7 Å². The number of carbonyl (C=O) groups is 1. The Hall–Kier alpha value is -1.35. The molecule has 0 saturated heterocycles. The first-order valence-corrected chi connectivity index (χ1v) is 7.81. The van der Waals surface area contributed by atoms with Crippen LogP contribution in [0.3, 0.4) is 0 Å². The maximum atomic E-state index is 12.4. The van der Waals surface area contributed by atoms with Crippen LogP contribution in [0.15, 0.2) is 30.3 Å². The summed E-state index contributed by atoms with van der Waals surface area (Å²) in [5.41, 5.74) is 0.758. The lowest BCUT2D eigenvalue weighted by Crippen LogP contribution is -2.40. The molecule has 0 aliphatic heterocycles. The predicted molar refractivity (Wildman–Crippen MR) is 82.6 cm³/mol. The van der Waals surface area contributed by atoms with Crippen LogP contribution in [0.1, 0.15) is 51.7 Å². The van der Waals surface area contributed by atoms with Crippen LogP contribution < -0.4 is 0 Å². The fraction of sp³-hybridized carbons (Fsp3) is 0.611. The number of aliphatic hydroxyl groups excluding tert-OH is 1. The molecule has 21 heavy (non-hydrogen) atoms. The highest BCUT2D eigenvalue weighted by Gasteiger charge is 2.42. The zero-order valence-electron chi connectivity index (χ0n) is 13.2. The molecule has 1 fully saturated rings. The van der Waals surface area contributed by atoms with Crippen LogP contribution in [-0.2, 0) is 9.53 Å². The first-order valence-electron chi connectivity index (χ1n) is 7.81. The molecule has 1 aromatic carbocycles. The second-order valence-corrected chi connectivity index (χ2v) is 6.89. The van der Waals surface area contributed by atoms with Crippen molar-refractivity contribution < 1.29 is 14.6 Å². The van der Waals surface area contributed by atoms with Gasteiger partial charge in [-0.2, -0.15) is 0 Å². The van der Waals surface area contributed by atoms with E-state index < -0.39 is 6.10 Å². The fourth-order valence-electron chi connectivity index (χ4n) is 3.55. The van der Waals surface area contributed by atoms with E-state index in [1.54, 1.807) is 0 Å². The summed E-state index contributed by atoms with van der Waals surface area (Å²) >= 11 is 0. The molecule has 1 aliphatic rings.